The second-order valence-electron chi connectivity index (χ2n) is 6.26. The quantitative estimate of drug-likeness (QED) is 0.836. The number of morpholine rings is 1. The van der Waals surface area contributed by atoms with E-state index in [-0.39, 0.29) is 24.4 Å². The first-order valence-electron chi connectivity index (χ1n) is 8.56. The molecule has 1 unspecified atom stereocenters. The Morgan fingerprint density at radius 3 is 2.46 bits per heavy atom. The van der Waals surface area contributed by atoms with Gasteiger partial charge in [0, 0.05) is 30.2 Å². The molecule has 140 valence electrons. The molecule has 1 N–H and O–H groups in total. The molecule has 0 radical (unpaired) electrons. The van der Waals surface area contributed by atoms with E-state index < -0.39 is 0 Å². The van der Waals surface area contributed by atoms with Crippen LogP contribution in [-0.4, -0.2) is 43.7 Å². The lowest BCUT2D eigenvalue weighted by Crippen LogP contribution is -2.44. The van der Waals surface area contributed by atoms with Crippen molar-refractivity contribution in [3.05, 3.63) is 70.2 Å². The molecule has 2 aromatic rings. The zero-order valence-corrected chi connectivity index (χ0v) is 16.4. The fraction of sp³-hybridized carbons (Fsp3) is 0.350. The second kappa shape index (κ2) is 9.93. The number of benzene rings is 2. The molecule has 1 heterocycles. The molecule has 4 nitrogen and oxygen atoms in total. The van der Waals surface area contributed by atoms with Crippen LogP contribution < -0.4 is 5.32 Å². The smallest absolute Gasteiger partial charge is 0.251 e. The van der Waals surface area contributed by atoms with E-state index in [1.165, 1.54) is 0 Å². The zero-order chi connectivity index (χ0) is 17.6. The first kappa shape index (κ1) is 20.7. The molecule has 0 bridgehead atoms. The molecule has 1 saturated heterocycles. The Morgan fingerprint density at radius 2 is 1.81 bits per heavy atom. The summed E-state index contributed by atoms with van der Waals surface area (Å²) in [5, 5.41) is 3.79. The zero-order valence-electron chi connectivity index (χ0n) is 14.8. The Hall–Kier alpha value is -1.59. The maximum absolute atomic E-state index is 12.5. The fourth-order valence-corrected chi connectivity index (χ4v) is 3.33. The van der Waals surface area contributed by atoms with Gasteiger partial charge < -0.3 is 10.1 Å². The van der Waals surface area contributed by atoms with Gasteiger partial charge in [-0.2, -0.15) is 0 Å². The van der Waals surface area contributed by atoms with Crippen molar-refractivity contribution in [1.82, 2.24) is 10.2 Å². The predicted octanol–water partition coefficient (Wildman–Crippen LogP) is 3.87. The monoisotopic (exact) mass is 394 g/mol. The van der Waals surface area contributed by atoms with Crippen molar-refractivity contribution in [2.45, 2.75) is 13.0 Å². The molecule has 0 saturated carbocycles. The molecule has 0 aromatic heterocycles. The number of carbonyl (C=O) groups is 1. The van der Waals surface area contributed by atoms with Gasteiger partial charge in [0.2, 0.25) is 0 Å². The van der Waals surface area contributed by atoms with Gasteiger partial charge in [0.05, 0.1) is 19.3 Å². The third-order valence-electron chi connectivity index (χ3n) is 4.52. The highest BCUT2D eigenvalue weighted by Gasteiger charge is 2.24. The Balaban J connectivity index is 0.00000243. The first-order chi connectivity index (χ1) is 12.1. The average Bonchev–Trinajstić information content (AvgIpc) is 2.64. The van der Waals surface area contributed by atoms with Gasteiger partial charge in [-0.25, -0.2) is 0 Å². The summed E-state index contributed by atoms with van der Waals surface area (Å²) in [6.45, 7) is 5.58. The van der Waals surface area contributed by atoms with Gasteiger partial charge in [-0.3, -0.25) is 9.69 Å². The Kier molecular flexibility index (Phi) is 7.91. The molecule has 3 rings (SSSR count). The number of halogens is 2. The lowest BCUT2D eigenvalue weighted by molar-refractivity contribution is 0.0162. The highest BCUT2D eigenvalue weighted by atomic mass is 35.5. The number of ether oxygens (including phenoxy) is 1. The van der Waals surface area contributed by atoms with E-state index >= 15 is 0 Å². The van der Waals surface area contributed by atoms with Gasteiger partial charge in [-0.1, -0.05) is 47.5 Å². The Bertz CT molecular complexity index is 716. The van der Waals surface area contributed by atoms with Crippen molar-refractivity contribution in [2.24, 2.45) is 0 Å². The molecule has 26 heavy (non-hydrogen) atoms. The van der Waals surface area contributed by atoms with E-state index in [1.54, 1.807) is 0 Å². The van der Waals surface area contributed by atoms with Crippen molar-refractivity contribution in [3.8, 4) is 0 Å². The number of nitrogens with zero attached hydrogens (tertiary/aromatic N) is 1. The Labute approximate surface area is 165 Å². The van der Waals surface area contributed by atoms with Crippen LogP contribution >= 0.6 is 24.0 Å². The summed E-state index contributed by atoms with van der Waals surface area (Å²) in [4.78, 5) is 14.8. The van der Waals surface area contributed by atoms with Crippen LogP contribution in [-0.2, 0) is 4.74 Å². The molecule has 1 amide bonds. The van der Waals surface area contributed by atoms with E-state index in [0.717, 1.165) is 29.2 Å². The van der Waals surface area contributed by atoms with E-state index in [4.69, 9.17) is 16.3 Å². The van der Waals surface area contributed by atoms with Crippen molar-refractivity contribution >= 4 is 29.9 Å². The predicted molar refractivity (Wildman–Crippen MR) is 107 cm³/mol. The fourth-order valence-electron chi connectivity index (χ4n) is 3.07. The molecule has 6 heteroatoms. The van der Waals surface area contributed by atoms with Crippen LogP contribution in [0, 0.1) is 6.92 Å². The van der Waals surface area contributed by atoms with Crippen molar-refractivity contribution in [1.29, 1.82) is 0 Å². The number of rotatable bonds is 5. The standard InChI is InChI=1S/C20H23ClN2O2.ClH/c1-15-6-8-16(9-7-15)20(24)22-14-19(23-10-12-25-13-11-23)17-4-2-3-5-18(17)21;/h2-9,19H,10-14H2,1H3,(H,22,24);1H. The second-order valence-corrected chi connectivity index (χ2v) is 6.67. The maximum atomic E-state index is 12.5. The number of nitrogens with one attached hydrogen (secondary N) is 1. The van der Waals surface area contributed by atoms with E-state index in [9.17, 15) is 4.79 Å². The van der Waals surface area contributed by atoms with Crippen molar-refractivity contribution in [3.63, 3.8) is 0 Å². The van der Waals surface area contributed by atoms with Crippen molar-refractivity contribution in [2.75, 3.05) is 32.8 Å². The molecular weight excluding hydrogens is 371 g/mol. The number of hydrogen-bond donors (Lipinski definition) is 1. The van der Waals surface area contributed by atoms with E-state index in [2.05, 4.69) is 10.2 Å². The molecule has 2 aromatic carbocycles. The third kappa shape index (κ3) is 5.21. The summed E-state index contributed by atoms with van der Waals surface area (Å²) in [7, 11) is 0. The highest BCUT2D eigenvalue weighted by molar-refractivity contribution is 6.31. The number of hydrogen-bond acceptors (Lipinski definition) is 3. The van der Waals surface area contributed by atoms with Crippen LogP contribution in [0.1, 0.15) is 27.5 Å². The normalized spacial score (nSPS) is 15.8. The van der Waals surface area contributed by atoms with E-state index in [0.29, 0.717) is 25.3 Å². The maximum Gasteiger partial charge on any atom is 0.251 e. The van der Waals surface area contributed by atoms with Crippen LogP contribution in [0.3, 0.4) is 0 Å². The topological polar surface area (TPSA) is 41.6 Å². The van der Waals surface area contributed by atoms with Gasteiger partial charge in [0.1, 0.15) is 0 Å². The molecule has 0 spiro atoms. The van der Waals surface area contributed by atoms with Gasteiger partial charge in [0.15, 0.2) is 0 Å². The number of aryl methyl sites for hydroxylation is 1. The molecule has 1 aliphatic rings. The number of carbonyl (C=O) groups excluding carboxylic acids is 1. The molecular formula is C20H24Cl2N2O2. The minimum absolute atomic E-state index is 0. The SMILES string of the molecule is Cc1ccc(C(=O)NCC(c2ccccc2Cl)N2CCOCC2)cc1.Cl. The summed E-state index contributed by atoms with van der Waals surface area (Å²) in [5.74, 6) is -0.0645. The third-order valence-corrected chi connectivity index (χ3v) is 4.86. The first-order valence-corrected chi connectivity index (χ1v) is 8.94. The van der Waals surface area contributed by atoms with Crippen LogP contribution in [0.25, 0.3) is 0 Å². The number of amides is 1. The Morgan fingerprint density at radius 1 is 1.15 bits per heavy atom. The van der Waals surface area contributed by atoms with Gasteiger partial charge in [0.25, 0.3) is 5.91 Å². The summed E-state index contributed by atoms with van der Waals surface area (Å²) in [6.07, 6.45) is 0. The van der Waals surface area contributed by atoms with Crippen LogP contribution in [0.5, 0.6) is 0 Å². The van der Waals surface area contributed by atoms with Crippen LogP contribution in [0.15, 0.2) is 48.5 Å². The highest BCUT2D eigenvalue weighted by Crippen LogP contribution is 2.27. The van der Waals surface area contributed by atoms with Crippen molar-refractivity contribution < 1.29 is 9.53 Å². The van der Waals surface area contributed by atoms with Gasteiger partial charge in [-0.05, 0) is 30.7 Å². The minimum Gasteiger partial charge on any atom is -0.379 e. The van der Waals surface area contributed by atoms with E-state index in [1.807, 2.05) is 55.5 Å². The lowest BCUT2D eigenvalue weighted by atomic mass is 10.0. The summed E-state index contributed by atoms with van der Waals surface area (Å²) >= 11 is 6.42. The molecule has 1 aliphatic heterocycles. The molecule has 1 fully saturated rings. The van der Waals surface area contributed by atoms with Crippen LogP contribution in [0.4, 0.5) is 0 Å². The van der Waals surface area contributed by atoms with Gasteiger partial charge >= 0.3 is 0 Å². The largest absolute Gasteiger partial charge is 0.379 e. The summed E-state index contributed by atoms with van der Waals surface area (Å²) in [5.41, 5.74) is 2.85. The molecule has 1 atom stereocenters. The average molecular weight is 395 g/mol. The summed E-state index contributed by atoms with van der Waals surface area (Å²) in [6, 6.07) is 15.5. The van der Waals surface area contributed by atoms with Crippen LogP contribution in [0.2, 0.25) is 5.02 Å². The summed E-state index contributed by atoms with van der Waals surface area (Å²) < 4.78 is 5.46. The lowest BCUT2D eigenvalue weighted by Gasteiger charge is -2.35. The molecule has 0 aliphatic carbocycles. The van der Waals surface area contributed by atoms with Gasteiger partial charge in [-0.15, -0.1) is 12.4 Å². The minimum atomic E-state index is -0.0645.